The molecular formula is C16H22BrNO. The number of carbonyl (C=O) groups is 1. The fourth-order valence-electron chi connectivity index (χ4n) is 2.82. The second kappa shape index (κ2) is 6.56. The van der Waals surface area contributed by atoms with Gasteiger partial charge in [-0.05, 0) is 56.6 Å². The predicted molar refractivity (Wildman–Crippen MR) is 82.9 cm³/mol. The fraction of sp³-hybridized carbons (Fsp3) is 0.562. The van der Waals surface area contributed by atoms with Crippen molar-refractivity contribution in [3.8, 4) is 0 Å². The average molecular weight is 324 g/mol. The first-order chi connectivity index (χ1) is 9.08. The van der Waals surface area contributed by atoms with E-state index in [1.165, 1.54) is 25.7 Å². The minimum atomic E-state index is 0.0802. The van der Waals surface area contributed by atoms with Crippen LogP contribution in [0.4, 0.5) is 0 Å². The van der Waals surface area contributed by atoms with E-state index in [-0.39, 0.29) is 5.91 Å². The average Bonchev–Trinajstić information content (AvgIpc) is 2.38. The highest BCUT2D eigenvalue weighted by Crippen LogP contribution is 2.28. The Labute approximate surface area is 124 Å². The molecule has 3 heteroatoms. The third-order valence-corrected chi connectivity index (χ3v) is 4.95. The maximum atomic E-state index is 12.3. The number of benzene rings is 1. The first-order valence-electron chi connectivity index (χ1n) is 7.06. The Bertz CT molecular complexity index is 430. The molecular weight excluding hydrogens is 302 g/mol. The van der Waals surface area contributed by atoms with Gasteiger partial charge in [-0.1, -0.05) is 34.1 Å². The van der Waals surface area contributed by atoms with Gasteiger partial charge >= 0.3 is 0 Å². The number of hydrogen-bond donors (Lipinski definition) is 1. The van der Waals surface area contributed by atoms with E-state index in [9.17, 15) is 4.79 Å². The van der Waals surface area contributed by atoms with Crippen LogP contribution in [0.5, 0.6) is 0 Å². The van der Waals surface area contributed by atoms with Gasteiger partial charge in [-0.25, -0.2) is 0 Å². The van der Waals surface area contributed by atoms with E-state index in [1.807, 2.05) is 32.0 Å². The molecule has 0 spiro atoms. The summed E-state index contributed by atoms with van der Waals surface area (Å²) in [4.78, 5) is 13.0. The number of halogens is 1. The van der Waals surface area contributed by atoms with Crippen molar-refractivity contribution in [3.05, 3.63) is 34.9 Å². The number of alkyl halides is 1. The molecule has 19 heavy (non-hydrogen) atoms. The zero-order valence-corrected chi connectivity index (χ0v) is 13.3. The maximum absolute atomic E-state index is 12.3. The van der Waals surface area contributed by atoms with Crippen LogP contribution in [0.3, 0.4) is 0 Å². The largest absolute Gasteiger partial charge is 0.352 e. The van der Waals surface area contributed by atoms with Crippen LogP contribution in [0.15, 0.2) is 18.2 Å². The third-order valence-electron chi connectivity index (χ3n) is 4.04. The summed E-state index contributed by atoms with van der Waals surface area (Å²) in [5.74, 6) is 0.721. The molecule has 1 fully saturated rings. The second-order valence-electron chi connectivity index (χ2n) is 5.59. The van der Waals surface area contributed by atoms with E-state index in [0.29, 0.717) is 10.7 Å². The van der Waals surface area contributed by atoms with E-state index in [2.05, 4.69) is 21.2 Å². The standard InChI is InChI=1S/C16H22BrNO/c1-11-4-3-5-12(2)15(11)16(19)18-10-13-6-8-14(17)9-7-13/h3-5,13-14H,6-10H2,1-2H3,(H,18,19). The normalized spacial score (nSPS) is 23.1. The highest BCUT2D eigenvalue weighted by Gasteiger charge is 2.20. The van der Waals surface area contributed by atoms with E-state index >= 15 is 0 Å². The number of rotatable bonds is 3. The van der Waals surface area contributed by atoms with Gasteiger partial charge in [0.05, 0.1) is 0 Å². The van der Waals surface area contributed by atoms with Crippen LogP contribution in [-0.2, 0) is 0 Å². The van der Waals surface area contributed by atoms with Crippen LogP contribution in [0, 0.1) is 19.8 Å². The molecule has 1 N–H and O–H groups in total. The summed E-state index contributed by atoms with van der Waals surface area (Å²) in [6, 6.07) is 5.99. The summed E-state index contributed by atoms with van der Waals surface area (Å²) in [6.45, 7) is 4.81. The zero-order valence-electron chi connectivity index (χ0n) is 11.7. The van der Waals surface area contributed by atoms with Crippen molar-refractivity contribution in [2.45, 2.75) is 44.4 Å². The van der Waals surface area contributed by atoms with Gasteiger partial charge < -0.3 is 5.32 Å². The van der Waals surface area contributed by atoms with Crippen molar-refractivity contribution in [2.75, 3.05) is 6.54 Å². The number of hydrogen-bond acceptors (Lipinski definition) is 1. The van der Waals surface area contributed by atoms with Crippen molar-refractivity contribution >= 4 is 21.8 Å². The quantitative estimate of drug-likeness (QED) is 0.837. The molecule has 2 nitrogen and oxygen atoms in total. The van der Waals surface area contributed by atoms with Crippen molar-refractivity contribution in [1.29, 1.82) is 0 Å². The monoisotopic (exact) mass is 323 g/mol. The Morgan fingerprint density at radius 2 is 1.79 bits per heavy atom. The lowest BCUT2D eigenvalue weighted by molar-refractivity contribution is 0.0942. The molecule has 0 aliphatic heterocycles. The third kappa shape index (κ3) is 3.82. The Kier molecular flexibility index (Phi) is 5.03. The van der Waals surface area contributed by atoms with E-state index in [0.717, 1.165) is 23.2 Å². The lowest BCUT2D eigenvalue weighted by Crippen LogP contribution is -2.32. The maximum Gasteiger partial charge on any atom is 0.251 e. The van der Waals surface area contributed by atoms with Crippen LogP contribution in [0.2, 0.25) is 0 Å². The number of nitrogens with one attached hydrogen (secondary N) is 1. The molecule has 1 amide bonds. The highest BCUT2D eigenvalue weighted by molar-refractivity contribution is 9.09. The van der Waals surface area contributed by atoms with Crippen molar-refractivity contribution < 1.29 is 4.79 Å². The molecule has 1 aromatic rings. The Morgan fingerprint density at radius 1 is 1.21 bits per heavy atom. The van der Waals surface area contributed by atoms with Crippen LogP contribution in [-0.4, -0.2) is 17.3 Å². The van der Waals surface area contributed by atoms with Crippen LogP contribution in [0.1, 0.15) is 47.2 Å². The molecule has 104 valence electrons. The van der Waals surface area contributed by atoms with E-state index in [1.54, 1.807) is 0 Å². The van der Waals surface area contributed by atoms with Gasteiger partial charge in [-0.2, -0.15) is 0 Å². The predicted octanol–water partition coefficient (Wildman–Crippen LogP) is 3.99. The summed E-state index contributed by atoms with van der Waals surface area (Å²) >= 11 is 3.66. The van der Waals surface area contributed by atoms with Crippen molar-refractivity contribution in [1.82, 2.24) is 5.32 Å². The second-order valence-corrected chi connectivity index (χ2v) is 6.89. The van der Waals surface area contributed by atoms with Gasteiger partial charge in [0.1, 0.15) is 0 Å². The minimum Gasteiger partial charge on any atom is -0.352 e. The number of aryl methyl sites for hydroxylation is 2. The molecule has 1 aliphatic rings. The van der Waals surface area contributed by atoms with E-state index < -0.39 is 0 Å². The topological polar surface area (TPSA) is 29.1 Å². The molecule has 1 aromatic carbocycles. The van der Waals surface area contributed by atoms with Gasteiger partial charge in [0, 0.05) is 16.9 Å². The first kappa shape index (κ1) is 14.6. The van der Waals surface area contributed by atoms with Gasteiger partial charge in [-0.3, -0.25) is 4.79 Å². The van der Waals surface area contributed by atoms with E-state index in [4.69, 9.17) is 0 Å². The molecule has 0 atom stereocenters. The first-order valence-corrected chi connectivity index (χ1v) is 7.98. The molecule has 0 radical (unpaired) electrons. The smallest absolute Gasteiger partial charge is 0.251 e. The number of amides is 1. The van der Waals surface area contributed by atoms with Gasteiger partial charge in [-0.15, -0.1) is 0 Å². The number of carbonyl (C=O) groups excluding carboxylic acids is 1. The van der Waals surface area contributed by atoms with Gasteiger partial charge in [0.2, 0.25) is 0 Å². The van der Waals surface area contributed by atoms with Crippen LogP contribution >= 0.6 is 15.9 Å². The summed E-state index contributed by atoms with van der Waals surface area (Å²) in [7, 11) is 0. The Morgan fingerprint density at radius 3 is 2.37 bits per heavy atom. The van der Waals surface area contributed by atoms with Crippen molar-refractivity contribution in [3.63, 3.8) is 0 Å². The summed E-state index contributed by atoms with van der Waals surface area (Å²) in [6.07, 6.45) is 4.87. The molecule has 0 unspecified atom stereocenters. The lowest BCUT2D eigenvalue weighted by atomic mass is 9.89. The Balaban J connectivity index is 1.91. The summed E-state index contributed by atoms with van der Waals surface area (Å²) in [5.41, 5.74) is 2.96. The van der Waals surface area contributed by atoms with Gasteiger partial charge in [0.25, 0.3) is 5.91 Å². The molecule has 0 heterocycles. The summed E-state index contributed by atoms with van der Waals surface area (Å²) < 4.78 is 0. The van der Waals surface area contributed by atoms with Crippen molar-refractivity contribution in [2.24, 2.45) is 5.92 Å². The lowest BCUT2D eigenvalue weighted by Gasteiger charge is -2.25. The molecule has 2 rings (SSSR count). The summed E-state index contributed by atoms with van der Waals surface area (Å²) in [5, 5.41) is 3.11. The minimum absolute atomic E-state index is 0.0802. The molecule has 0 bridgehead atoms. The van der Waals surface area contributed by atoms with Gasteiger partial charge in [0.15, 0.2) is 0 Å². The highest BCUT2D eigenvalue weighted by atomic mass is 79.9. The zero-order chi connectivity index (χ0) is 13.8. The molecule has 1 aliphatic carbocycles. The van der Waals surface area contributed by atoms with Crippen LogP contribution in [0.25, 0.3) is 0 Å². The van der Waals surface area contributed by atoms with Crippen LogP contribution < -0.4 is 5.32 Å². The fourth-order valence-corrected chi connectivity index (χ4v) is 3.35. The SMILES string of the molecule is Cc1cccc(C)c1C(=O)NCC1CCC(Br)CC1. The molecule has 0 saturated heterocycles. The molecule has 0 aromatic heterocycles. The molecule has 1 saturated carbocycles. The Hall–Kier alpha value is -0.830.